The minimum atomic E-state index is -0.594. The molecule has 0 aliphatic heterocycles. The molecule has 0 aromatic heterocycles. The van der Waals surface area contributed by atoms with Crippen molar-refractivity contribution in [2.75, 3.05) is 18.6 Å². The van der Waals surface area contributed by atoms with E-state index < -0.39 is 5.97 Å². The van der Waals surface area contributed by atoms with Crippen molar-refractivity contribution in [1.82, 2.24) is 5.32 Å². The fraction of sp³-hybridized carbons (Fsp3) is 0.909. The summed E-state index contributed by atoms with van der Waals surface area (Å²) in [6, 6.07) is 0.244. The Hall–Kier alpha value is -0.220. The summed E-state index contributed by atoms with van der Waals surface area (Å²) < 4.78 is 0. The standard InChI is InChI=1S/C11H19NO2S/c1-15-5-4-12-10-8-3-2-7(6-8)9(10)11(13)14/h7-10,12H,2-6H2,1H3,(H,13,14). The maximum Gasteiger partial charge on any atom is 0.308 e. The van der Waals surface area contributed by atoms with Crippen molar-refractivity contribution in [3.8, 4) is 0 Å². The van der Waals surface area contributed by atoms with Crippen molar-refractivity contribution >= 4 is 17.7 Å². The van der Waals surface area contributed by atoms with Gasteiger partial charge in [-0.25, -0.2) is 0 Å². The molecule has 2 N–H and O–H groups in total. The fourth-order valence-corrected chi connectivity index (χ4v) is 3.59. The van der Waals surface area contributed by atoms with Gasteiger partial charge in [0.1, 0.15) is 0 Å². The van der Waals surface area contributed by atoms with Crippen LogP contribution in [0.4, 0.5) is 0 Å². The summed E-state index contributed by atoms with van der Waals surface area (Å²) in [4.78, 5) is 11.2. The van der Waals surface area contributed by atoms with Gasteiger partial charge < -0.3 is 10.4 Å². The van der Waals surface area contributed by atoms with Crippen molar-refractivity contribution in [1.29, 1.82) is 0 Å². The zero-order valence-electron chi connectivity index (χ0n) is 9.11. The quantitative estimate of drug-likeness (QED) is 0.700. The summed E-state index contributed by atoms with van der Waals surface area (Å²) in [7, 11) is 0. The molecule has 2 saturated carbocycles. The SMILES string of the molecule is CSCCNC1C2CCC(C2)C1C(=O)O. The lowest BCUT2D eigenvalue weighted by Gasteiger charge is -2.28. The molecule has 0 spiro atoms. The molecule has 4 heteroatoms. The summed E-state index contributed by atoms with van der Waals surface area (Å²) >= 11 is 1.80. The van der Waals surface area contributed by atoms with Gasteiger partial charge in [0, 0.05) is 18.3 Å². The minimum Gasteiger partial charge on any atom is -0.481 e. The van der Waals surface area contributed by atoms with Gasteiger partial charge in [-0.1, -0.05) is 0 Å². The molecular weight excluding hydrogens is 210 g/mol. The first-order chi connectivity index (χ1) is 7.24. The molecule has 0 amide bonds. The first-order valence-corrected chi connectivity index (χ1v) is 7.08. The third kappa shape index (κ3) is 2.16. The minimum absolute atomic E-state index is 0.120. The van der Waals surface area contributed by atoms with Crippen LogP contribution in [0.2, 0.25) is 0 Å². The van der Waals surface area contributed by atoms with E-state index in [1.807, 2.05) is 0 Å². The van der Waals surface area contributed by atoms with Crippen LogP contribution in [0.15, 0.2) is 0 Å². The molecule has 2 fully saturated rings. The van der Waals surface area contributed by atoms with Crippen LogP contribution < -0.4 is 5.32 Å². The van der Waals surface area contributed by atoms with Crippen LogP contribution in [-0.2, 0) is 4.79 Å². The molecule has 0 saturated heterocycles. The Labute approximate surface area is 95.0 Å². The third-order valence-electron chi connectivity index (χ3n) is 3.89. The highest BCUT2D eigenvalue weighted by atomic mass is 32.2. The number of fused-ring (bicyclic) bond motifs is 2. The molecule has 2 bridgehead atoms. The van der Waals surface area contributed by atoms with Crippen molar-refractivity contribution in [3.63, 3.8) is 0 Å². The normalized spacial score (nSPS) is 38.5. The number of carbonyl (C=O) groups is 1. The van der Waals surface area contributed by atoms with Gasteiger partial charge in [-0.05, 0) is 37.4 Å². The van der Waals surface area contributed by atoms with E-state index in [1.54, 1.807) is 11.8 Å². The Bertz CT molecular complexity index is 247. The molecule has 2 rings (SSSR count). The van der Waals surface area contributed by atoms with E-state index in [0.29, 0.717) is 11.8 Å². The number of rotatable bonds is 5. The number of thioether (sulfide) groups is 1. The average Bonchev–Trinajstić information content (AvgIpc) is 2.77. The van der Waals surface area contributed by atoms with Gasteiger partial charge in [0.05, 0.1) is 5.92 Å². The van der Waals surface area contributed by atoms with Crippen LogP contribution in [-0.4, -0.2) is 35.7 Å². The molecule has 2 aliphatic carbocycles. The third-order valence-corrected chi connectivity index (χ3v) is 4.50. The van der Waals surface area contributed by atoms with Crippen LogP contribution in [0.25, 0.3) is 0 Å². The van der Waals surface area contributed by atoms with Gasteiger partial charge in [-0.3, -0.25) is 4.79 Å². The average molecular weight is 229 g/mol. The zero-order chi connectivity index (χ0) is 10.8. The number of hydrogen-bond acceptors (Lipinski definition) is 3. The van der Waals surface area contributed by atoms with Gasteiger partial charge in [-0.2, -0.15) is 11.8 Å². The largest absolute Gasteiger partial charge is 0.481 e. The summed E-state index contributed by atoms with van der Waals surface area (Å²) in [5.41, 5.74) is 0. The first kappa shape index (κ1) is 11.3. The highest BCUT2D eigenvalue weighted by molar-refractivity contribution is 7.98. The predicted molar refractivity (Wildman–Crippen MR) is 62.1 cm³/mol. The van der Waals surface area contributed by atoms with E-state index in [0.717, 1.165) is 25.1 Å². The number of aliphatic carboxylic acids is 1. The molecule has 3 nitrogen and oxygen atoms in total. The lowest BCUT2D eigenvalue weighted by molar-refractivity contribution is -0.144. The van der Waals surface area contributed by atoms with Gasteiger partial charge in [0.15, 0.2) is 0 Å². The Kier molecular flexibility index (Phi) is 3.57. The fourth-order valence-electron chi connectivity index (χ4n) is 3.27. The van der Waals surface area contributed by atoms with E-state index in [9.17, 15) is 9.90 Å². The lowest BCUT2D eigenvalue weighted by atomic mass is 9.84. The zero-order valence-corrected chi connectivity index (χ0v) is 9.93. The van der Waals surface area contributed by atoms with Crippen LogP contribution in [0, 0.1) is 17.8 Å². The molecule has 0 radical (unpaired) electrons. The predicted octanol–water partition coefficient (Wildman–Crippen LogP) is 1.44. The Morgan fingerprint density at radius 3 is 2.87 bits per heavy atom. The summed E-state index contributed by atoms with van der Waals surface area (Å²) in [5.74, 6) is 1.42. The van der Waals surface area contributed by atoms with E-state index in [2.05, 4.69) is 11.6 Å². The molecule has 0 aromatic carbocycles. The van der Waals surface area contributed by atoms with Crippen molar-refractivity contribution < 1.29 is 9.90 Å². The van der Waals surface area contributed by atoms with Crippen LogP contribution >= 0.6 is 11.8 Å². The van der Waals surface area contributed by atoms with Crippen molar-refractivity contribution in [2.24, 2.45) is 17.8 Å². The highest BCUT2D eigenvalue weighted by Crippen LogP contribution is 2.48. The topological polar surface area (TPSA) is 49.3 Å². The molecule has 4 atom stereocenters. The number of carboxylic acids is 1. The first-order valence-electron chi connectivity index (χ1n) is 5.69. The number of hydrogen-bond donors (Lipinski definition) is 2. The van der Waals surface area contributed by atoms with Gasteiger partial charge in [0.25, 0.3) is 0 Å². The van der Waals surface area contributed by atoms with Crippen molar-refractivity contribution in [2.45, 2.75) is 25.3 Å². The van der Waals surface area contributed by atoms with Crippen LogP contribution in [0.3, 0.4) is 0 Å². The van der Waals surface area contributed by atoms with Gasteiger partial charge >= 0.3 is 5.97 Å². The number of carboxylic acid groups (broad SMARTS) is 1. The Balaban J connectivity index is 1.93. The monoisotopic (exact) mass is 229 g/mol. The van der Waals surface area contributed by atoms with E-state index in [4.69, 9.17) is 0 Å². The molecule has 4 unspecified atom stereocenters. The maximum atomic E-state index is 11.2. The molecule has 0 heterocycles. The maximum absolute atomic E-state index is 11.2. The Morgan fingerprint density at radius 2 is 2.20 bits per heavy atom. The van der Waals surface area contributed by atoms with Crippen molar-refractivity contribution in [3.05, 3.63) is 0 Å². The molecule has 2 aliphatic rings. The van der Waals surface area contributed by atoms with E-state index in [-0.39, 0.29) is 12.0 Å². The lowest BCUT2D eigenvalue weighted by Crippen LogP contribution is -2.44. The van der Waals surface area contributed by atoms with Gasteiger partial charge in [-0.15, -0.1) is 0 Å². The summed E-state index contributed by atoms with van der Waals surface area (Å²) in [5, 5.41) is 12.7. The molecule has 15 heavy (non-hydrogen) atoms. The number of nitrogens with one attached hydrogen (secondary N) is 1. The molecular formula is C11H19NO2S. The Morgan fingerprint density at radius 1 is 1.47 bits per heavy atom. The molecule has 0 aromatic rings. The second kappa shape index (κ2) is 4.74. The molecule has 86 valence electrons. The van der Waals surface area contributed by atoms with E-state index in [1.165, 1.54) is 6.42 Å². The highest BCUT2D eigenvalue weighted by Gasteiger charge is 2.50. The van der Waals surface area contributed by atoms with E-state index >= 15 is 0 Å². The second-order valence-electron chi connectivity index (χ2n) is 4.67. The van der Waals surface area contributed by atoms with Gasteiger partial charge in [0.2, 0.25) is 0 Å². The summed E-state index contributed by atoms with van der Waals surface area (Å²) in [6.45, 7) is 0.943. The van der Waals surface area contributed by atoms with Crippen LogP contribution in [0.1, 0.15) is 19.3 Å². The van der Waals surface area contributed by atoms with Crippen LogP contribution in [0.5, 0.6) is 0 Å². The summed E-state index contributed by atoms with van der Waals surface area (Å²) in [6.07, 6.45) is 5.57. The smallest absolute Gasteiger partial charge is 0.308 e. The second-order valence-corrected chi connectivity index (χ2v) is 5.66.